The molecule has 0 amide bonds. The molecule has 164 valence electrons. The first-order valence-corrected chi connectivity index (χ1v) is 11.7. The molecule has 4 fully saturated rings. The number of hydrogen-bond donors (Lipinski definition) is 0. The third-order valence-corrected chi connectivity index (χ3v) is 9.55. The van der Waals surface area contributed by atoms with Gasteiger partial charge in [-0.15, -0.1) is 0 Å². The number of fused-ring (bicyclic) bond motifs is 7. The zero-order chi connectivity index (χ0) is 21.5. The van der Waals surface area contributed by atoms with E-state index >= 15 is 0 Å². The Labute approximate surface area is 180 Å². The number of carbonyl (C=O) groups excluding carboxylic acids is 1. The zero-order valence-corrected chi connectivity index (χ0v) is 19.0. The predicted molar refractivity (Wildman–Crippen MR) is 111 cm³/mol. The Morgan fingerprint density at radius 2 is 1.97 bits per heavy atom. The van der Waals surface area contributed by atoms with Crippen molar-refractivity contribution in [2.75, 3.05) is 0 Å². The van der Waals surface area contributed by atoms with Gasteiger partial charge in [0, 0.05) is 18.8 Å². The van der Waals surface area contributed by atoms with Crippen molar-refractivity contribution in [1.29, 1.82) is 5.26 Å². The lowest BCUT2D eigenvalue weighted by Gasteiger charge is -2.58. The number of hydrogen-bond acceptors (Lipinski definition) is 5. The molecule has 5 heteroatoms. The largest absolute Gasteiger partial charge is 0.462 e. The van der Waals surface area contributed by atoms with Crippen molar-refractivity contribution in [3.63, 3.8) is 0 Å². The van der Waals surface area contributed by atoms with Crippen LogP contribution in [-0.2, 0) is 19.0 Å². The Balaban J connectivity index is 1.45. The fourth-order valence-corrected chi connectivity index (χ4v) is 8.23. The molecule has 1 aliphatic heterocycles. The van der Waals surface area contributed by atoms with Gasteiger partial charge in [0.05, 0.1) is 0 Å². The summed E-state index contributed by atoms with van der Waals surface area (Å²) in [7, 11) is 0. The van der Waals surface area contributed by atoms with Gasteiger partial charge in [-0.1, -0.05) is 25.5 Å². The lowest BCUT2D eigenvalue weighted by Crippen LogP contribution is -2.56. The van der Waals surface area contributed by atoms with Crippen LogP contribution in [0.5, 0.6) is 0 Å². The fourth-order valence-electron chi connectivity index (χ4n) is 8.23. The molecule has 0 radical (unpaired) electrons. The minimum Gasteiger partial charge on any atom is -0.462 e. The second-order valence-corrected chi connectivity index (χ2v) is 11.4. The van der Waals surface area contributed by atoms with Gasteiger partial charge >= 0.3 is 5.97 Å². The van der Waals surface area contributed by atoms with Crippen molar-refractivity contribution < 1.29 is 19.0 Å². The normalized spacial score (nSPS) is 50.9. The van der Waals surface area contributed by atoms with Crippen molar-refractivity contribution >= 4 is 5.97 Å². The van der Waals surface area contributed by atoms with Crippen LogP contribution in [0.25, 0.3) is 0 Å². The van der Waals surface area contributed by atoms with Crippen LogP contribution in [-0.4, -0.2) is 29.6 Å². The summed E-state index contributed by atoms with van der Waals surface area (Å²) >= 11 is 0. The Kier molecular flexibility index (Phi) is 4.33. The maximum absolute atomic E-state index is 11.4. The van der Waals surface area contributed by atoms with E-state index in [0.717, 1.165) is 44.9 Å². The van der Waals surface area contributed by atoms with Crippen molar-refractivity contribution in [3.05, 3.63) is 11.6 Å². The van der Waals surface area contributed by atoms with Gasteiger partial charge in [0.15, 0.2) is 11.4 Å². The quantitative estimate of drug-likeness (QED) is 0.451. The van der Waals surface area contributed by atoms with E-state index in [9.17, 15) is 10.1 Å². The second kappa shape index (κ2) is 6.33. The minimum atomic E-state index is -0.829. The smallest absolute Gasteiger partial charge is 0.302 e. The highest BCUT2D eigenvalue weighted by molar-refractivity contribution is 5.66. The van der Waals surface area contributed by atoms with Gasteiger partial charge in [0.2, 0.25) is 0 Å². The number of nitrogens with zero attached hydrogens (tertiary/aromatic N) is 1. The van der Waals surface area contributed by atoms with Crippen molar-refractivity contribution in [3.8, 4) is 6.07 Å². The Morgan fingerprint density at radius 1 is 1.20 bits per heavy atom. The highest BCUT2D eigenvalue weighted by Crippen LogP contribution is 2.70. The summed E-state index contributed by atoms with van der Waals surface area (Å²) in [5, 5.41) is 10.3. The SMILES string of the molecule is CC(=O)OC1CCC2(C)C(=CCC3C2CCC2(C)C3CC3OC(C)(C)OC32C#N)C1. The number of esters is 1. The van der Waals surface area contributed by atoms with E-state index in [1.165, 1.54) is 12.5 Å². The maximum Gasteiger partial charge on any atom is 0.302 e. The number of carbonyl (C=O) groups is 1. The van der Waals surface area contributed by atoms with E-state index in [0.29, 0.717) is 17.8 Å². The molecule has 30 heavy (non-hydrogen) atoms. The molecule has 1 heterocycles. The molecular formula is C25H35NO4. The first-order chi connectivity index (χ1) is 14.0. The number of ether oxygens (including phenoxy) is 3. The van der Waals surface area contributed by atoms with Crippen LogP contribution in [0.4, 0.5) is 0 Å². The Hall–Kier alpha value is -1.38. The van der Waals surface area contributed by atoms with E-state index in [1.54, 1.807) is 0 Å². The van der Waals surface area contributed by atoms with Crippen LogP contribution in [0.15, 0.2) is 11.6 Å². The van der Waals surface area contributed by atoms with Crippen LogP contribution in [0.3, 0.4) is 0 Å². The van der Waals surface area contributed by atoms with E-state index < -0.39 is 11.4 Å². The topological polar surface area (TPSA) is 68.6 Å². The lowest BCUT2D eigenvalue weighted by molar-refractivity contribution is -0.199. The Morgan fingerprint density at radius 3 is 2.67 bits per heavy atom. The molecular weight excluding hydrogens is 378 g/mol. The van der Waals surface area contributed by atoms with Gasteiger partial charge in [0.25, 0.3) is 0 Å². The lowest BCUT2D eigenvalue weighted by atomic mass is 9.47. The van der Waals surface area contributed by atoms with Crippen molar-refractivity contribution in [1.82, 2.24) is 0 Å². The molecule has 3 saturated carbocycles. The van der Waals surface area contributed by atoms with Crippen LogP contribution in [0.1, 0.15) is 79.6 Å². The second-order valence-electron chi connectivity index (χ2n) is 11.4. The molecule has 0 aromatic rings. The van der Waals surface area contributed by atoms with E-state index in [4.69, 9.17) is 14.2 Å². The molecule has 8 atom stereocenters. The number of nitriles is 1. The molecule has 0 spiro atoms. The van der Waals surface area contributed by atoms with Gasteiger partial charge < -0.3 is 14.2 Å². The van der Waals surface area contributed by atoms with Crippen molar-refractivity contribution in [2.45, 2.75) is 103 Å². The number of rotatable bonds is 1. The minimum absolute atomic E-state index is 0.0314. The summed E-state index contributed by atoms with van der Waals surface area (Å²) in [6.07, 6.45) is 9.37. The standard InChI is InChI=1S/C25H35NO4/c1-15(27)28-17-8-10-23(4)16(12-17)6-7-18-19(23)9-11-24(5)20(18)13-21-25(24,14-26)30-22(2,3)29-21/h6,17-21H,7-13H2,1-5H3. The van der Waals surface area contributed by atoms with Gasteiger partial charge in [0.1, 0.15) is 18.3 Å². The summed E-state index contributed by atoms with van der Waals surface area (Å²) in [5.41, 5.74) is 0.674. The van der Waals surface area contributed by atoms with E-state index in [-0.39, 0.29) is 29.0 Å². The molecule has 5 rings (SSSR count). The van der Waals surface area contributed by atoms with Gasteiger partial charge in [-0.2, -0.15) is 5.26 Å². The van der Waals surface area contributed by atoms with Gasteiger partial charge in [-0.25, -0.2) is 0 Å². The zero-order valence-electron chi connectivity index (χ0n) is 19.0. The van der Waals surface area contributed by atoms with Crippen LogP contribution < -0.4 is 0 Å². The summed E-state index contributed by atoms with van der Waals surface area (Å²) in [6, 6.07) is 2.61. The molecule has 5 nitrogen and oxygen atoms in total. The summed E-state index contributed by atoms with van der Waals surface area (Å²) in [6.45, 7) is 10.1. The maximum atomic E-state index is 11.4. The first kappa shape index (κ1) is 20.5. The fraction of sp³-hybridized carbons (Fsp3) is 0.840. The molecule has 0 bridgehead atoms. The van der Waals surface area contributed by atoms with Crippen molar-refractivity contribution in [2.24, 2.45) is 28.6 Å². The van der Waals surface area contributed by atoms with Crippen LogP contribution in [0.2, 0.25) is 0 Å². The van der Waals surface area contributed by atoms with E-state index in [1.807, 2.05) is 13.8 Å². The average Bonchev–Trinajstić information content (AvgIpc) is 3.07. The monoisotopic (exact) mass is 413 g/mol. The third kappa shape index (κ3) is 2.56. The number of allylic oxidation sites excluding steroid dienone is 1. The molecule has 4 aliphatic carbocycles. The molecule has 0 aromatic heterocycles. The molecule has 5 aliphatic rings. The predicted octanol–water partition coefficient (Wildman–Crippen LogP) is 4.90. The van der Waals surface area contributed by atoms with E-state index in [2.05, 4.69) is 26.0 Å². The average molecular weight is 414 g/mol. The summed E-state index contributed by atoms with van der Waals surface area (Å²) in [5.74, 6) is 0.767. The summed E-state index contributed by atoms with van der Waals surface area (Å²) in [4.78, 5) is 11.4. The van der Waals surface area contributed by atoms with Gasteiger partial charge in [-0.05, 0) is 75.5 Å². The highest BCUT2D eigenvalue weighted by Gasteiger charge is 2.73. The Bertz CT molecular complexity index is 843. The molecule has 0 N–H and O–H groups in total. The summed E-state index contributed by atoms with van der Waals surface area (Å²) < 4.78 is 18.2. The van der Waals surface area contributed by atoms with Crippen LogP contribution in [0, 0.1) is 39.9 Å². The third-order valence-electron chi connectivity index (χ3n) is 9.55. The molecule has 0 aromatic carbocycles. The molecule has 1 saturated heterocycles. The first-order valence-electron chi connectivity index (χ1n) is 11.7. The van der Waals surface area contributed by atoms with Crippen LogP contribution >= 0.6 is 0 Å². The highest BCUT2D eigenvalue weighted by atomic mass is 16.8. The molecule has 8 unspecified atom stereocenters. The van der Waals surface area contributed by atoms with Gasteiger partial charge in [-0.3, -0.25) is 4.79 Å².